The molecule has 136 valence electrons. The first kappa shape index (κ1) is 17.7. The lowest BCUT2D eigenvalue weighted by molar-refractivity contribution is 0.222. The first-order valence-electron chi connectivity index (χ1n) is 9.09. The highest BCUT2D eigenvalue weighted by molar-refractivity contribution is 5.52. The molecule has 0 atom stereocenters. The van der Waals surface area contributed by atoms with Gasteiger partial charge in [-0.15, -0.1) is 0 Å². The van der Waals surface area contributed by atoms with Crippen molar-refractivity contribution in [2.75, 3.05) is 30.9 Å². The van der Waals surface area contributed by atoms with Gasteiger partial charge >= 0.3 is 0 Å². The second kappa shape index (κ2) is 7.44. The van der Waals surface area contributed by atoms with Crippen molar-refractivity contribution in [3.63, 3.8) is 0 Å². The highest BCUT2D eigenvalue weighted by atomic mass is 16.3. The molecule has 3 heterocycles. The molecule has 1 aliphatic rings. The molecule has 0 unspecified atom stereocenters. The zero-order valence-electron chi connectivity index (χ0n) is 16.0. The van der Waals surface area contributed by atoms with Gasteiger partial charge in [-0.25, -0.2) is 4.98 Å². The molecule has 0 amide bonds. The molecular formula is C19H29N5O. The Morgan fingerprint density at radius 1 is 1.24 bits per heavy atom. The third kappa shape index (κ3) is 4.12. The molecule has 0 aromatic carbocycles. The average Bonchev–Trinajstić information content (AvgIpc) is 3.01. The summed E-state index contributed by atoms with van der Waals surface area (Å²) in [5.74, 6) is 3.82. The number of hydrogen-bond donors (Lipinski definition) is 1. The summed E-state index contributed by atoms with van der Waals surface area (Å²) in [6.45, 7) is 9.00. The predicted octanol–water partition coefficient (Wildman–Crippen LogP) is 3.08. The highest BCUT2D eigenvalue weighted by Gasteiger charge is 2.24. The van der Waals surface area contributed by atoms with Gasteiger partial charge in [-0.2, -0.15) is 4.98 Å². The zero-order chi connectivity index (χ0) is 18.0. The Kier molecular flexibility index (Phi) is 5.27. The summed E-state index contributed by atoms with van der Waals surface area (Å²) >= 11 is 0. The van der Waals surface area contributed by atoms with Gasteiger partial charge < -0.3 is 14.6 Å². The Morgan fingerprint density at radius 2 is 2.00 bits per heavy atom. The van der Waals surface area contributed by atoms with Crippen molar-refractivity contribution in [3.05, 3.63) is 34.9 Å². The maximum atomic E-state index is 5.87. The van der Waals surface area contributed by atoms with Crippen molar-refractivity contribution in [1.29, 1.82) is 0 Å². The predicted molar refractivity (Wildman–Crippen MR) is 101 cm³/mol. The second-order valence-electron chi connectivity index (χ2n) is 7.17. The Morgan fingerprint density at radius 3 is 2.64 bits per heavy atom. The van der Waals surface area contributed by atoms with Gasteiger partial charge in [0.05, 0.1) is 12.2 Å². The van der Waals surface area contributed by atoms with Gasteiger partial charge in [0, 0.05) is 51.6 Å². The van der Waals surface area contributed by atoms with Crippen molar-refractivity contribution >= 4 is 11.8 Å². The van der Waals surface area contributed by atoms with Gasteiger partial charge in [0.1, 0.15) is 17.3 Å². The van der Waals surface area contributed by atoms with Crippen LogP contribution in [0.25, 0.3) is 0 Å². The van der Waals surface area contributed by atoms with Crippen molar-refractivity contribution in [1.82, 2.24) is 14.9 Å². The molecule has 0 fully saturated rings. The summed E-state index contributed by atoms with van der Waals surface area (Å²) in [5.41, 5.74) is 2.39. The minimum Gasteiger partial charge on any atom is -0.465 e. The third-order valence-corrected chi connectivity index (χ3v) is 4.40. The SMILES string of the molecule is CCc1ccc(CN2CCc3nc(NC(C)C)nc(N(C)C)c3C2)o1. The van der Waals surface area contributed by atoms with E-state index in [1.165, 1.54) is 5.56 Å². The number of rotatable bonds is 6. The van der Waals surface area contributed by atoms with Crippen molar-refractivity contribution in [2.24, 2.45) is 0 Å². The molecule has 0 radical (unpaired) electrons. The monoisotopic (exact) mass is 343 g/mol. The van der Waals surface area contributed by atoms with Gasteiger partial charge in [-0.05, 0) is 26.0 Å². The van der Waals surface area contributed by atoms with Crippen LogP contribution >= 0.6 is 0 Å². The Labute approximate surface area is 150 Å². The molecule has 0 aliphatic carbocycles. The van der Waals surface area contributed by atoms with E-state index in [1.807, 2.05) is 14.1 Å². The molecule has 0 saturated carbocycles. The normalized spacial score (nSPS) is 14.6. The fraction of sp³-hybridized carbons (Fsp3) is 0.579. The Bertz CT molecular complexity index is 723. The molecule has 1 aliphatic heterocycles. The molecular weight excluding hydrogens is 314 g/mol. The Balaban J connectivity index is 1.81. The second-order valence-corrected chi connectivity index (χ2v) is 7.17. The fourth-order valence-electron chi connectivity index (χ4n) is 3.20. The topological polar surface area (TPSA) is 57.4 Å². The molecule has 0 spiro atoms. The van der Waals surface area contributed by atoms with Gasteiger partial charge in [-0.1, -0.05) is 6.92 Å². The molecule has 0 saturated heterocycles. The zero-order valence-corrected chi connectivity index (χ0v) is 16.0. The molecule has 6 nitrogen and oxygen atoms in total. The van der Waals surface area contributed by atoms with Crippen LogP contribution < -0.4 is 10.2 Å². The van der Waals surface area contributed by atoms with E-state index in [0.29, 0.717) is 6.04 Å². The third-order valence-electron chi connectivity index (χ3n) is 4.40. The number of hydrogen-bond acceptors (Lipinski definition) is 6. The fourth-order valence-corrected chi connectivity index (χ4v) is 3.20. The average molecular weight is 343 g/mol. The van der Waals surface area contributed by atoms with Crippen molar-refractivity contribution in [2.45, 2.75) is 52.7 Å². The minimum atomic E-state index is 0.319. The van der Waals surface area contributed by atoms with Crippen LogP contribution in [0, 0.1) is 0 Å². The molecule has 0 bridgehead atoms. The summed E-state index contributed by atoms with van der Waals surface area (Å²) in [7, 11) is 4.08. The maximum Gasteiger partial charge on any atom is 0.225 e. The van der Waals surface area contributed by atoms with Gasteiger partial charge in [0.2, 0.25) is 5.95 Å². The van der Waals surface area contributed by atoms with Crippen LogP contribution in [-0.2, 0) is 25.9 Å². The van der Waals surface area contributed by atoms with Crippen LogP contribution in [0.1, 0.15) is 43.5 Å². The van der Waals surface area contributed by atoms with Crippen LogP contribution in [0.15, 0.2) is 16.5 Å². The summed E-state index contributed by atoms with van der Waals surface area (Å²) in [6.07, 6.45) is 1.87. The number of anilines is 2. The van der Waals surface area contributed by atoms with E-state index in [1.54, 1.807) is 0 Å². The molecule has 6 heteroatoms. The summed E-state index contributed by atoms with van der Waals surface area (Å²) < 4.78 is 5.87. The summed E-state index contributed by atoms with van der Waals surface area (Å²) in [4.78, 5) is 14.0. The lowest BCUT2D eigenvalue weighted by atomic mass is 10.1. The van der Waals surface area contributed by atoms with Gasteiger partial charge in [-0.3, -0.25) is 4.90 Å². The largest absolute Gasteiger partial charge is 0.465 e. The standard InChI is InChI=1S/C19H29N5O/c1-6-14-7-8-15(25-14)11-24-10-9-17-16(12-24)18(23(4)5)22-19(21-17)20-13(2)3/h7-8,13H,6,9-12H2,1-5H3,(H,20,21,22). The number of aromatic nitrogens is 2. The number of nitrogens with zero attached hydrogens (tertiary/aromatic N) is 4. The van der Waals surface area contributed by atoms with Crippen LogP contribution in [0.5, 0.6) is 0 Å². The smallest absolute Gasteiger partial charge is 0.225 e. The number of fused-ring (bicyclic) bond motifs is 1. The maximum absolute atomic E-state index is 5.87. The summed E-state index contributed by atoms with van der Waals surface area (Å²) in [5, 5.41) is 3.33. The lowest BCUT2D eigenvalue weighted by Gasteiger charge is -2.30. The van der Waals surface area contributed by atoms with E-state index in [-0.39, 0.29) is 0 Å². The molecule has 1 N–H and O–H groups in total. The van der Waals surface area contributed by atoms with Gasteiger partial charge in [0.25, 0.3) is 0 Å². The van der Waals surface area contributed by atoms with Gasteiger partial charge in [0.15, 0.2) is 0 Å². The highest BCUT2D eigenvalue weighted by Crippen LogP contribution is 2.28. The van der Waals surface area contributed by atoms with E-state index in [9.17, 15) is 0 Å². The van der Waals surface area contributed by atoms with E-state index in [2.05, 4.69) is 48.0 Å². The Hall–Kier alpha value is -2.08. The first-order valence-corrected chi connectivity index (χ1v) is 9.09. The lowest BCUT2D eigenvalue weighted by Crippen LogP contribution is -2.33. The van der Waals surface area contributed by atoms with Crippen LogP contribution in [0.4, 0.5) is 11.8 Å². The van der Waals surface area contributed by atoms with Crippen LogP contribution in [-0.4, -0.2) is 41.5 Å². The van der Waals surface area contributed by atoms with Crippen LogP contribution in [0.3, 0.4) is 0 Å². The molecule has 25 heavy (non-hydrogen) atoms. The molecule has 2 aromatic rings. The quantitative estimate of drug-likeness (QED) is 0.870. The minimum absolute atomic E-state index is 0.319. The summed E-state index contributed by atoms with van der Waals surface area (Å²) in [6, 6.07) is 4.48. The molecule has 3 rings (SSSR count). The van der Waals surface area contributed by atoms with E-state index in [4.69, 9.17) is 14.4 Å². The molecule has 2 aromatic heterocycles. The van der Waals surface area contributed by atoms with Crippen molar-refractivity contribution in [3.8, 4) is 0 Å². The van der Waals surface area contributed by atoms with E-state index in [0.717, 1.165) is 61.5 Å². The van der Waals surface area contributed by atoms with Crippen LogP contribution in [0.2, 0.25) is 0 Å². The van der Waals surface area contributed by atoms with E-state index < -0.39 is 0 Å². The number of nitrogens with one attached hydrogen (secondary N) is 1. The van der Waals surface area contributed by atoms with Crippen molar-refractivity contribution < 1.29 is 4.42 Å². The van der Waals surface area contributed by atoms with E-state index >= 15 is 0 Å². The number of furan rings is 1. The number of aryl methyl sites for hydroxylation is 1. The first-order chi connectivity index (χ1) is 12.0.